The van der Waals surface area contributed by atoms with Gasteiger partial charge in [-0.3, -0.25) is 9.36 Å². The van der Waals surface area contributed by atoms with Gasteiger partial charge in [-0.05, 0) is 61.4 Å². The van der Waals surface area contributed by atoms with E-state index in [1.807, 2.05) is 45.9 Å². The van der Waals surface area contributed by atoms with Gasteiger partial charge < -0.3 is 9.88 Å². The Morgan fingerprint density at radius 3 is 2.67 bits per heavy atom. The first-order chi connectivity index (χ1) is 13.2. The van der Waals surface area contributed by atoms with E-state index in [2.05, 4.69) is 11.1 Å². The number of imidazole rings is 1. The summed E-state index contributed by atoms with van der Waals surface area (Å²) in [7, 11) is 0. The number of aryl methyl sites for hydroxylation is 1. The average molecular weight is 361 g/mol. The van der Waals surface area contributed by atoms with Crippen LogP contribution in [0.5, 0.6) is 0 Å². The van der Waals surface area contributed by atoms with Crippen LogP contribution in [0.25, 0.3) is 11.0 Å². The first kappa shape index (κ1) is 16.4. The number of aromatic nitrogens is 2. The monoisotopic (exact) mass is 361 g/mol. The van der Waals surface area contributed by atoms with Crippen LogP contribution < -0.4 is 5.69 Å². The molecule has 5 heteroatoms. The smallest absolute Gasteiger partial charge is 0.326 e. The number of carbonyl (C=O) groups is 1. The summed E-state index contributed by atoms with van der Waals surface area (Å²) in [5, 5.41) is 0. The second kappa shape index (κ2) is 6.41. The number of fused-ring (bicyclic) bond motifs is 2. The van der Waals surface area contributed by atoms with Gasteiger partial charge in [0.1, 0.15) is 0 Å². The Labute approximate surface area is 157 Å². The lowest BCUT2D eigenvalue weighted by Crippen LogP contribution is -2.40. The second-order valence-electron chi connectivity index (χ2n) is 7.64. The van der Waals surface area contributed by atoms with E-state index in [0.717, 1.165) is 48.7 Å². The van der Waals surface area contributed by atoms with Crippen molar-refractivity contribution in [2.24, 2.45) is 0 Å². The van der Waals surface area contributed by atoms with Crippen LogP contribution in [-0.4, -0.2) is 33.4 Å². The molecule has 3 aromatic rings. The van der Waals surface area contributed by atoms with Crippen molar-refractivity contribution in [2.75, 3.05) is 13.1 Å². The number of nitrogens with zero attached hydrogens (tertiary/aromatic N) is 2. The van der Waals surface area contributed by atoms with Crippen LogP contribution in [0, 0.1) is 0 Å². The van der Waals surface area contributed by atoms with Gasteiger partial charge in [-0.2, -0.15) is 0 Å². The van der Waals surface area contributed by atoms with Crippen LogP contribution in [-0.2, 0) is 12.8 Å². The van der Waals surface area contributed by atoms with Gasteiger partial charge in [0.25, 0.3) is 5.91 Å². The minimum absolute atomic E-state index is 0.0538. The number of hydrogen-bond donors (Lipinski definition) is 1. The Kier molecular flexibility index (Phi) is 3.88. The van der Waals surface area contributed by atoms with E-state index in [0.29, 0.717) is 13.1 Å². The molecule has 0 spiro atoms. The molecule has 1 amide bonds. The fraction of sp³-hybridized carbons (Fsp3) is 0.364. The average Bonchev–Trinajstić information content (AvgIpc) is 3.30. The number of nitrogens with one attached hydrogen (secondary N) is 1. The highest BCUT2D eigenvalue weighted by molar-refractivity contribution is 5.96. The molecule has 0 bridgehead atoms. The highest BCUT2D eigenvalue weighted by Gasteiger charge is 2.28. The van der Waals surface area contributed by atoms with Gasteiger partial charge in [-0.1, -0.05) is 24.3 Å². The molecule has 2 aromatic carbocycles. The minimum Gasteiger partial charge on any atom is -0.338 e. The van der Waals surface area contributed by atoms with Crippen molar-refractivity contribution >= 4 is 16.9 Å². The lowest BCUT2D eigenvalue weighted by molar-refractivity contribution is 0.0694. The quantitative estimate of drug-likeness (QED) is 0.761. The fourth-order valence-corrected chi connectivity index (χ4v) is 4.75. The van der Waals surface area contributed by atoms with E-state index >= 15 is 0 Å². The highest BCUT2D eigenvalue weighted by Crippen LogP contribution is 2.29. The number of carbonyl (C=O) groups excluding carboxylic acids is 1. The summed E-state index contributed by atoms with van der Waals surface area (Å²) < 4.78 is 1.87. The number of likely N-dealkylation sites (tertiary alicyclic amines) is 1. The summed E-state index contributed by atoms with van der Waals surface area (Å²) in [6.07, 6.45) is 4.86. The lowest BCUT2D eigenvalue weighted by Gasteiger charge is -2.33. The number of amides is 1. The van der Waals surface area contributed by atoms with Crippen LogP contribution in [0.15, 0.2) is 47.3 Å². The SMILES string of the molecule is O=C(c1cccc2c1CCC2)N1CCC(n2c(=O)[nH]c3ccccc32)CC1. The van der Waals surface area contributed by atoms with E-state index in [1.54, 1.807) is 0 Å². The molecule has 0 radical (unpaired) electrons. The number of aromatic amines is 1. The standard InChI is InChI=1S/C22H23N3O2/c26-21(18-8-4-6-15-5-3-7-17(15)18)24-13-11-16(12-14-24)25-20-10-2-1-9-19(20)23-22(25)27/h1-2,4,6,8-10,16H,3,5,7,11-14H2,(H,23,27). The fourth-order valence-electron chi connectivity index (χ4n) is 4.75. The molecule has 1 aliphatic heterocycles. The van der Waals surface area contributed by atoms with E-state index in [1.165, 1.54) is 11.1 Å². The van der Waals surface area contributed by atoms with Gasteiger partial charge >= 0.3 is 5.69 Å². The zero-order valence-corrected chi connectivity index (χ0v) is 15.3. The Bertz CT molecular complexity index is 1070. The van der Waals surface area contributed by atoms with Crippen LogP contribution in [0.1, 0.15) is 46.8 Å². The molecule has 5 nitrogen and oxygen atoms in total. The molecule has 1 N–H and O–H groups in total. The largest absolute Gasteiger partial charge is 0.338 e. The summed E-state index contributed by atoms with van der Waals surface area (Å²) in [6, 6.07) is 14.1. The van der Waals surface area contributed by atoms with Crippen molar-refractivity contribution in [2.45, 2.75) is 38.1 Å². The summed E-state index contributed by atoms with van der Waals surface area (Å²) in [4.78, 5) is 30.4. The Morgan fingerprint density at radius 1 is 1.00 bits per heavy atom. The molecule has 0 saturated carbocycles. The third-order valence-corrected chi connectivity index (χ3v) is 6.12. The third-order valence-electron chi connectivity index (χ3n) is 6.12. The number of rotatable bonds is 2. The number of benzene rings is 2. The zero-order valence-electron chi connectivity index (χ0n) is 15.3. The second-order valence-corrected chi connectivity index (χ2v) is 7.64. The van der Waals surface area contributed by atoms with Crippen molar-refractivity contribution in [3.63, 3.8) is 0 Å². The number of piperidine rings is 1. The van der Waals surface area contributed by atoms with Crippen molar-refractivity contribution in [1.82, 2.24) is 14.5 Å². The summed E-state index contributed by atoms with van der Waals surface area (Å²) in [6.45, 7) is 1.39. The number of hydrogen-bond acceptors (Lipinski definition) is 2. The zero-order chi connectivity index (χ0) is 18.4. The Hall–Kier alpha value is -2.82. The molecule has 138 valence electrons. The number of H-pyrrole nitrogens is 1. The molecule has 1 aromatic heterocycles. The highest BCUT2D eigenvalue weighted by atomic mass is 16.2. The Morgan fingerprint density at radius 2 is 1.81 bits per heavy atom. The van der Waals surface area contributed by atoms with Crippen molar-refractivity contribution in [3.8, 4) is 0 Å². The summed E-state index contributed by atoms with van der Waals surface area (Å²) >= 11 is 0. The molecule has 27 heavy (non-hydrogen) atoms. The molecule has 1 saturated heterocycles. The minimum atomic E-state index is -0.0538. The van der Waals surface area contributed by atoms with Crippen LogP contribution in [0.4, 0.5) is 0 Å². The van der Waals surface area contributed by atoms with E-state index < -0.39 is 0 Å². The van der Waals surface area contributed by atoms with Gasteiger partial charge in [0, 0.05) is 24.7 Å². The molecule has 1 fully saturated rings. The van der Waals surface area contributed by atoms with Crippen LogP contribution in [0.2, 0.25) is 0 Å². The maximum absolute atomic E-state index is 13.1. The predicted octanol–water partition coefficient (Wildman–Crippen LogP) is 3.30. The Balaban J connectivity index is 1.36. The molecule has 0 unspecified atom stereocenters. The van der Waals surface area contributed by atoms with E-state index in [-0.39, 0.29) is 17.6 Å². The molecular formula is C22H23N3O2. The van der Waals surface area contributed by atoms with Gasteiger partial charge in [-0.15, -0.1) is 0 Å². The number of para-hydroxylation sites is 2. The topological polar surface area (TPSA) is 58.1 Å². The predicted molar refractivity (Wildman–Crippen MR) is 105 cm³/mol. The van der Waals surface area contributed by atoms with Crippen LogP contribution >= 0.6 is 0 Å². The van der Waals surface area contributed by atoms with Gasteiger partial charge in [0.2, 0.25) is 0 Å². The molecule has 5 rings (SSSR count). The first-order valence-electron chi connectivity index (χ1n) is 9.81. The molecule has 2 aliphatic rings. The maximum Gasteiger partial charge on any atom is 0.326 e. The first-order valence-corrected chi connectivity index (χ1v) is 9.81. The van der Waals surface area contributed by atoms with E-state index in [9.17, 15) is 9.59 Å². The molecule has 2 heterocycles. The molecule has 0 atom stereocenters. The summed E-state index contributed by atoms with van der Waals surface area (Å²) in [5.41, 5.74) is 5.24. The van der Waals surface area contributed by atoms with Crippen molar-refractivity contribution in [1.29, 1.82) is 0 Å². The summed E-state index contributed by atoms with van der Waals surface area (Å²) in [5.74, 6) is 0.151. The molecule has 1 aliphatic carbocycles. The third kappa shape index (κ3) is 2.69. The van der Waals surface area contributed by atoms with Crippen molar-refractivity contribution < 1.29 is 4.79 Å². The van der Waals surface area contributed by atoms with Gasteiger partial charge in [0.15, 0.2) is 0 Å². The molecular weight excluding hydrogens is 338 g/mol. The normalized spacial score (nSPS) is 17.4. The van der Waals surface area contributed by atoms with Gasteiger partial charge in [-0.25, -0.2) is 4.79 Å². The van der Waals surface area contributed by atoms with E-state index in [4.69, 9.17) is 0 Å². The van der Waals surface area contributed by atoms with Crippen LogP contribution in [0.3, 0.4) is 0 Å². The van der Waals surface area contributed by atoms with Gasteiger partial charge in [0.05, 0.1) is 11.0 Å². The maximum atomic E-state index is 13.1. The lowest BCUT2D eigenvalue weighted by atomic mass is 9.99. The van der Waals surface area contributed by atoms with Crippen molar-refractivity contribution in [3.05, 3.63) is 69.6 Å².